The first-order valence-electron chi connectivity index (χ1n) is 8.21. The van der Waals surface area contributed by atoms with Gasteiger partial charge < -0.3 is 15.8 Å². The number of rotatable bonds is 7. The zero-order chi connectivity index (χ0) is 18.4. The Hall–Kier alpha value is -3.25. The van der Waals surface area contributed by atoms with Gasteiger partial charge in [-0.3, -0.25) is 14.6 Å². The summed E-state index contributed by atoms with van der Waals surface area (Å²) in [6.45, 7) is 0.324. The first-order valence-corrected chi connectivity index (χ1v) is 8.21. The van der Waals surface area contributed by atoms with Gasteiger partial charge in [0.1, 0.15) is 6.04 Å². The van der Waals surface area contributed by atoms with Gasteiger partial charge in [-0.2, -0.15) is 0 Å². The Balaban J connectivity index is 1.67. The summed E-state index contributed by atoms with van der Waals surface area (Å²) in [6, 6.07) is 17.6. The fraction of sp³-hybridized carbons (Fsp3) is 0.150. The molecule has 1 atom stereocenters. The van der Waals surface area contributed by atoms with Crippen LogP contribution in [0.5, 0.6) is 0 Å². The first-order chi connectivity index (χ1) is 12.6. The van der Waals surface area contributed by atoms with Crippen molar-refractivity contribution in [1.29, 1.82) is 0 Å². The molecule has 3 aromatic rings. The van der Waals surface area contributed by atoms with Crippen LogP contribution in [0.3, 0.4) is 0 Å². The van der Waals surface area contributed by atoms with E-state index in [0.717, 1.165) is 10.9 Å². The van der Waals surface area contributed by atoms with Gasteiger partial charge in [-0.15, -0.1) is 0 Å². The molecule has 1 unspecified atom stereocenters. The number of carbonyl (C=O) groups excluding carboxylic acids is 2. The smallest absolute Gasteiger partial charge is 0.254 e. The van der Waals surface area contributed by atoms with E-state index in [1.165, 1.54) is 0 Å². The number of amides is 2. The Kier molecular flexibility index (Phi) is 5.56. The highest BCUT2D eigenvalue weighted by atomic mass is 16.5. The van der Waals surface area contributed by atoms with Gasteiger partial charge in [-0.25, -0.2) is 0 Å². The average Bonchev–Trinajstić information content (AvgIpc) is 2.67. The summed E-state index contributed by atoms with van der Waals surface area (Å²) in [4.78, 5) is 28.5. The molecular weight excluding hydrogens is 330 g/mol. The third-order valence-electron chi connectivity index (χ3n) is 3.92. The molecule has 3 N–H and O–H groups in total. The average molecular weight is 349 g/mol. The van der Waals surface area contributed by atoms with Gasteiger partial charge in [0.2, 0.25) is 5.91 Å². The van der Waals surface area contributed by atoms with Crippen molar-refractivity contribution in [2.24, 2.45) is 5.73 Å². The van der Waals surface area contributed by atoms with Crippen LogP contribution in [-0.4, -0.2) is 29.4 Å². The van der Waals surface area contributed by atoms with Crippen molar-refractivity contribution in [3.63, 3.8) is 0 Å². The number of hydrogen-bond acceptors (Lipinski definition) is 4. The van der Waals surface area contributed by atoms with Gasteiger partial charge in [0, 0.05) is 11.6 Å². The fourth-order valence-electron chi connectivity index (χ4n) is 2.59. The summed E-state index contributed by atoms with van der Waals surface area (Å²) in [5.74, 6) is -1.07. The largest absolute Gasteiger partial charge is 0.374 e. The Morgan fingerprint density at radius 1 is 1.04 bits per heavy atom. The molecule has 1 aromatic heterocycles. The number of nitrogens with two attached hydrogens (primary N) is 1. The minimum atomic E-state index is -0.926. The SMILES string of the molecule is NC(=O)C(COCc1ccccc1)NC(=O)c1cccc2cccnc12. The number of fused-ring (bicyclic) bond motifs is 1. The van der Waals surface area contributed by atoms with Gasteiger partial charge in [0.15, 0.2) is 0 Å². The molecule has 6 heteroatoms. The number of pyridine rings is 1. The number of aromatic nitrogens is 1. The van der Waals surface area contributed by atoms with Crippen molar-refractivity contribution in [3.8, 4) is 0 Å². The number of nitrogens with one attached hydrogen (secondary N) is 1. The maximum Gasteiger partial charge on any atom is 0.254 e. The highest BCUT2D eigenvalue weighted by Gasteiger charge is 2.20. The fourth-order valence-corrected chi connectivity index (χ4v) is 2.59. The number of primary amides is 1. The lowest BCUT2D eigenvalue weighted by Gasteiger charge is -2.16. The van der Waals surface area contributed by atoms with Crippen LogP contribution in [0, 0.1) is 0 Å². The molecule has 0 saturated heterocycles. The lowest BCUT2D eigenvalue weighted by Crippen LogP contribution is -2.47. The van der Waals surface area contributed by atoms with E-state index in [2.05, 4.69) is 10.3 Å². The summed E-state index contributed by atoms with van der Waals surface area (Å²) in [5.41, 5.74) is 7.34. The van der Waals surface area contributed by atoms with Crippen molar-refractivity contribution in [3.05, 3.63) is 78.0 Å². The summed E-state index contributed by atoms with van der Waals surface area (Å²) in [6.07, 6.45) is 1.62. The highest BCUT2D eigenvalue weighted by Crippen LogP contribution is 2.16. The van der Waals surface area contributed by atoms with Gasteiger partial charge in [-0.1, -0.05) is 48.5 Å². The molecule has 132 valence electrons. The Labute approximate surface area is 151 Å². The third kappa shape index (κ3) is 4.23. The van der Waals surface area contributed by atoms with E-state index in [-0.39, 0.29) is 6.61 Å². The van der Waals surface area contributed by atoms with Gasteiger partial charge in [0.25, 0.3) is 5.91 Å². The maximum atomic E-state index is 12.6. The van der Waals surface area contributed by atoms with Gasteiger partial charge in [0.05, 0.1) is 24.3 Å². The van der Waals surface area contributed by atoms with E-state index < -0.39 is 17.9 Å². The minimum Gasteiger partial charge on any atom is -0.374 e. The third-order valence-corrected chi connectivity index (χ3v) is 3.92. The Morgan fingerprint density at radius 2 is 1.81 bits per heavy atom. The quantitative estimate of drug-likeness (QED) is 0.682. The highest BCUT2D eigenvalue weighted by molar-refractivity contribution is 6.06. The molecule has 2 amide bonds. The number of ether oxygens (including phenoxy) is 1. The van der Waals surface area contributed by atoms with Gasteiger partial charge >= 0.3 is 0 Å². The number of nitrogens with zero attached hydrogens (tertiary/aromatic N) is 1. The molecule has 0 aliphatic heterocycles. The van der Waals surface area contributed by atoms with Crippen LogP contribution < -0.4 is 11.1 Å². The normalized spacial score (nSPS) is 11.8. The summed E-state index contributed by atoms with van der Waals surface area (Å²) < 4.78 is 5.54. The predicted octanol–water partition coefficient (Wildman–Crippen LogP) is 2.04. The Bertz CT molecular complexity index is 907. The second-order valence-corrected chi connectivity index (χ2v) is 5.81. The number of carbonyl (C=O) groups is 2. The molecule has 0 saturated carbocycles. The van der Waals surface area contributed by atoms with E-state index in [0.29, 0.717) is 17.7 Å². The molecule has 0 aliphatic rings. The molecule has 0 fully saturated rings. The molecule has 0 radical (unpaired) electrons. The molecule has 0 aliphatic carbocycles. The molecule has 3 rings (SSSR count). The zero-order valence-corrected chi connectivity index (χ0v) is 14.1. The lowest BCUT2D eigenvalue weighted by molar-refractivity contribution is -0.121. The van der Waals surface area contributed by atoms with E-state index in [4.69, 9.17) is 10.5 Å². The van der Waals surface area contributed by atoms with Crippen LogP contribution in [0.1, 0.15) is 15.9 Å². The van der Waals surface area contributed by atoms with Crippen molar-refractivity contribution in [1.82, 2.24) is 10.3 Å². The van der Waals surface area contributed by atoms with E-state index in [1.807, 2.05) is 42.5 Å². The first kappa shape index (κ1) is 17.6. The van der Waals surface area contributed by atoms with E-state index >= 15 is 0 Å². The molecule has 0 spiro atoms. The number of benzene rings is 2. The van der Waals surface area contributed by atoms with Crippen molar-refractivity contribution >= 4 is 22.7 Å². The summed E-state index contributed by atoms with van der Waals surface area (Å²) in [7, 11) is 0. The molecule has 1 heterocycles. The lowest BCUT2D eigenvalue weighted by atomic mass is 10.1. The second kappa shape index (κ2) is 8.22. The van der Waals surface area contributed by atoms with E-state index in [9.17, 15) is 9.59 Å². The second-order valence-electron chi connectivity index (χ2n) is 5.81. The molecule has 6 nitrogen and oxygen atoms in total. The Morgan fingerprint density at radius 3 is 2.58 bits per heavy atom. The molecule has 0 bridgehead atoms. The van der Waals surface area contributed by atoms with Crippen LogP contribution in [0.2, 0.25) is 0 Å². The molecular formula is C20H19N3O3. The minimum absolute atomic E-state index is 0.00579. The number of para-hydroxylation sites is 1. The van der Waals surface area contributed by atoms with Crippen molar-refractivity contribution in [2.75, 3.05) is 6.61 Å². The number of hydrogen-bond donors (Lipinski definition) is 2. The van der Waals surface area contributed by atoms with Crippen LogP contribution >= 0.6 is 0 Å². The summed E-state index contributed by atoms with van der Waals surface area (Å²) >= 11 is 0. The van der Waals surface area contributed by atoms with E-state index in [1.54, 1.807) is 24.4 Å². The topological polar surface area (TPSA) is 94.3 Å². The van der Waals surface area contributed by atoms with Crippen LogP contribution in [0.25, 0.3) is 10.9 Å². The monoisotopic (exact) mass is 349 g/mol. The van der Waals surface area contributed by atoms with Crippen molar-refractivity contribution in [2.45, 2.75) is 12.6 Å². The van der Waals surface area contributed by atoms with Crippen LogP contribution in [0.4, 0.5) is 0 Å². The van der Waals surface area contributed by atoms with Gasteiger partial charge in [-0.05, 0) is 17.7 Å². The molecule has 26 heavy (non-hydrogen) atoms. The maximum absolute atomic E-state index is 12.6. The standard InChI is InChI=1S/C20H19N3O3/c21-19(24)17(13-26-12-14-6-2-1-3-7-14)23-20(25)16-10-4-8-15-9-5-11-22-18(15)16/h1-11,17H,12-13H2,(H2,21,24)(H,23,25). The summed E-state index contributed by atoms with van der Waals surface area (Å²) in [5, 5.41) is 3.48. The zero-order valence-electron chi connectivity index (χ0n) is 14.1. The van der Waals surface area contributed by atoms with Crippen LogP contribution in [-0.2, 0) is 16.1 Å². The predicted molar refractivity (Wildman–Crippen MR) is 98.3 cm³/mol. The van der Waals surface area contributed by atoms with Crippen LogP contribution in [0.15, 0.2) is 66.9 Å². The van der Waals surface area contributed by atoms with Crippen molar-refractivity contribution < 1.29 is 14.3 Å². The molecule has 2 aromatic carbocycles.